The van der Waals surface area contributed by atoms with E-state index in [1.165, 1.54) is 0 Å². The summed E-state index contributed by atoms with van der Waals surface area (Å²) in [5.74, 6) is -1.56. The zero-order chi connectivity index (χ0) is 34.7. The molecule has 0 aliphatic carbocycles. The van der Waals surface area contributed by atoms with Gasteiger partial charge < -0.3 is 38.4 Å². The predicted octanol–water partition coefficient (Wildman–Crippen LogP) is 5.55. The van der Waals surface area contributed by atoms with Crippen molar-refractivity contribution < 1.29 is 38.3 Å². The highest BCUT2D eigenvalue weighted by atomic mass is 16.7. The van der Waals surface area contributed by atoms with Crippen molar-refractivity contribution >= 4 is 11.7 Å². The lowest BCUT2D eigenvalue weighted by Gasteiger charge is -2.49. The lowest BCUT2D eigenvalue weighted by Crippen LogP contribution is -2.60. The van der Waals surface area contributed by atoms with E-state index < -0.39 is 41.7 Å². The normalized spacial score (nSPS) is 45.4. The van der Waals surface area contributed by atoms with Gasteiger partial charge in [0.15, 0.2) is 6.29 Å². The average Bonchev–Trinajstić information content (AvgIpc) is 3.00. The zero-order valence-corrected chi connectivity index (χ0v) is 30.9. The van der Waals surface area contributed by atoms with Crippen LogP contribution in [0, 0.1) is 29.6 Å². The number of carbonyl (C=O) groups excluding carboxylic acids is 1. The Labute approximate surface area is 285 Å². The summed E-state index contributed by atoms with van der Waals surface area (Å²) in [4.78, 5) is 20.8. The van der Waals surface area contributed by atoms with Crippen LogP contribution in [0.15, 0.2) is 17.1 Å². The molecule has 3 aliphatic heterocycles. The first-order chi connectivity index (χ1) is 21.4. The highest BCUT2D eigenvalue weighted by Crippen LogP contribution is 2.42. The summed E-state index contributed by atoms with van der Waals surface area (Å²) in [6, 6.07) is 0.0893. The number of aliphatic imine (C=N–C) groups is 1. The van der Waals surface area contributed by atoms with Gasteiger partial charge in [-0.15, -0.1) is 0 Å². The van der Waals surface area contributed by atoms with E-state index in [4.69, 9.17) is 33.4 Å². The number of esters is 1. The Bertz CT molecular complexity index is 1060. The van der Waals surface area contributed by atoms with Crippen LogP contribution in [0.4, 0.5) is 0 Å². The van der Waals surface area contributed by atoms with E-state index in [0.717, 1.165) is 17.7 Å². The van der Waals surface area contributed by atoms with Gasteiger partial charge in [-0.1, -0.05) is 55.5 Å². The minimum atomic E-state index is -1.49. The standard InChI is InChI=1S/C36H64N2O8.CH4/c1-15-28-36(10,40)32-26(8)29(37-11)21(3)17-35(9,43-19-20(2)18-42-32)31(24(6)23(5)25(7)33(39)45-28)46-34-30(41-14)27(38(12)13)16-22(4)44-34;/h21-28,30-32,34,40H,2,15-19H2,1,3-14H3;1H4/t21-,22-,23+,24+,25-,26+,27+,28-,30-,31-,32-,34+,35-,36-;/m1./s1. The average molecular weight is 669 g/mol. The number of hydrogen-bond acceptors (Lipinski definition) is 10. The third kappa shape index (κ3) is 9.04. The Hall–Kier alpha value is -1.40. The first-order valence-corrected chi connectivity index (χ1v) is 17.2. The number of aliphatic hydroxyl groups is 1. The van der Waals surface area contributed by atoms with Crippen LogP contribution >= 0.6 is 0 Å². The van der Waals surface area contributed by atoms with Gasteiger partial charge in [0.25, 0.3) is 0 Å². The van der Waals surface area contributed by atoms with E-state index in [9.17, 15) is 9.90 Å². The molecule has 0 aromatic carbocycles. The van der Waals surface area contributed by atoms with E-state index in [0.29, 0.717) is 12.8 Å². The number of cyclic esters (lactones) is 1. The summed E-state index contributed by atoms with van der Waals surface area (Å²) in [6.07, 6.45) is -1.25. The number of hydrogen-bond donors (Lipinski definition) is 1. The van der Waals surface area contributed by atoms with Gasteiger partial charge in [0.05, 0.1) is 43.0 Å². The Morgan fingerprint density at radius 2 is 1.70 bits per heavy atom. The molecule has 0 spiro atoms. The molecule has 0 saturated carbocycles. The molecule has 2 bridgehead atoms. The van der Waals surface area contributed by atoms with Gasteiger partial charge in [0.2, 0.25) is 0 Å². The molecule has 14 atom stereocenters. The molecule has 3 rings (SSSR count). The van der Waals surface area contributed by atoms with E-state index in [2.05, 4.69) is 60.2 Å². The largest absolute Gasteiger partial charge is 0.459 e. The van der Waals surface area contributed by atoms with Crippen molar-refractivity contribution in [2.75, 3.05) is 41.5 Å². The number of methoxy groups -OCH3 is 1. The molecule has 10 nitrogen and oxygen atoms in total. The fourth-order valence-corrected chi connectivity index (χ4v) is 8.19. The molecule has 3 saturated heterocycles. The number of rotatable bonds is 5. The Morgan fingerprint density at radius 1 is 1.06 bits per heavy atom. The lowest BCUT2D eigenvalue weighted by atomic mass is 9.71. The van der Waals surface area contributed by atoms with Crippen molar-refractivity contribution in [3.63, 3.8) is 0 Å². The molecular formula is C37H68N2O8. The van der Waals surface area contributed by atoms with Crippen molar-refractivity contribution in [3.05, 3.63) is 12.2 Å². The molecule has 1 N–H and O–H groups in total. The van der Waals surface area contributed by atoms with Crippen LogP contribution < -0.4 is 0 Å². The number of ether oxygens (including phenoxy) is 6. The molecule has 10 heteroatoms. The first kappa shape index (κ1) is 41.8. The van der Waals surface area contributed by atoms with E-state index >= 15 is 0 Å². The minimum Gasteiger partial charge on any atom is -0.459 e. The first-order valence-electron chi connectivity index (χ1n) is 17.2. The quantitative estimate of drug-likeness (QED) is 0.298. The fraction of sp³-hybridized carbons (Fsp3) is 0.892. The smallest absolute Gasteiger partial charge is 0.309 e. The van der Waals surface area contributed by atoms with E-state index in [1.807, 2.05) is 20.8 Å². The van der Waals surface area contributed by atoms with Gasteiger partial charge in [-0.25, -0.2) is 0 Å². The van der Waals surface area contributed by atoms with Crippen molar-refractivity contribution in [2.45, 2.75) is 143 Å². The maximum Gasteiger partial charge on any atom is 0.309 e. The number of likely N-dealkylation sites (N-methyl/N-ethyl adjacent to an activating group) is 1. The number of fused-ring (bicyclic) bond motifs is 5. The van der Waals surface area contributed by atoms with Gasteiger partial charge in [-0.3, -0.25) is 9.79 Å². The molecule has 3 heterocycles. The molecule has 47 heavy (non-hydrogen) atoms. The van der Waals surface area contributed by atoms with Crippen LogP contribution in [0.2, 0.25) is 0 Å². The van der Waals surface area contributed by atoms with Crippen molar-refractivity contribution in [1.82, 2.24) is 4.90 Å². The second-order valence-electron chi connectivity index (χ2n) is 15.0. The zero-order valence-electron chi connectivity index (χ0n) is 30.9. The Kier molecular flexibility index (Phi) is 15.1. The molecule has 0 aromatic rings. The van der Waals surface area contributed by atoms with E-state index in [1.54, 1.807) is 21.1 Å². The molecular weight excluding hydrogens is 600 g/mol. The summed E-state index contributed by atoms with van der Waals surface area (Å²) >= 11 is 0. The minimum absolute atomic E-state index is 0. The Balaban J connectivity index is 0.00000768. The van der Waals surface area contributed by atoms with Crippen molar-refractivity contribution in [1.29, 1.82) is 0 Å². The third-order valence-electron chi connectivity index (χ3n) is 11.2. The van der Waals surface area contributed by atoms with E-state index in [-0.39, 0.29) is 68.5 Å². The highest BCUT2D eigenvalue weighted by Gasteiger charge is 2.52. The van der Waals surface area contributed by atoms with Gasteiger partial charge >= 0.3 is 5.97 Å². The molecule has 3 fully saturated rings. The SMILES string of the molecule is C.C=C1CO[C@@H]2[C@@H](C)C(=NC)[C@H](C)C[C@@](C)(OC1)[C@H](O[C@@H]1O[C@H](C)C[C@H](N(C)C)[C@H]1OC)[C@@H](C)[C@H](C)[C@@H](C)C(=O)O[C@H](CC)[C@@]2(C)O. The predicted molar refractivity (Wildman–Crippen MR) is 187 cm³/mol. The fourth-order valence-electron chi connectivity index (χ4n) is 8.19. The van der Waals surface area contributed by atoms with Gasteiger partial charge in [0, 0.05) is 31.8 Å². The van der Waals surface area contributed by atoms with Gasteiger partial charge in [0.1, 0.15) is 17.8 Å². The molecule has 0 aromatic heterocycles. The van der Waals surface area contributed by atoms with Crippen LogP contribution in [-0.2, 0) is 33.2 Å². The van der Waals surface area contributed by atoms with Crippen LogP contribution in [0.25, 0.3) is 0 Å². The summed E-state index contributed by atoms with van der Waals surface area (Å²) in [5.41, 5.74) is -0.718. The maximum atomic E-state index is 13.8. The second-order valence-corrected chi connectivity index (χ2v) is 15.0. The molecule has 3 aliphatic rings. The van der Waals surface area contributed by atoms with Crippen molar-refractivity contribution in [3.8, 4) is 0 Å². The lowest BCUT2D eigenvalue weighted by molar-refractivity contribution is -0.304. The number of carbonyl (C=O) groups is 1. The van der Waals surface area contributed by atoms with Crippen LogP contribution in [-0.4, -0.2) is 117 Å². The summed E-state index contributed by atoms with van der Waals surface area (Å²) in [5, 5.41) is 12.1. The second kappa shape index (κ2) is 17.0. The monoisotopic (exact) mass is 668 g/mol. The van der Waals surface area contributed by atoms with Crippen LogP contribution in [0.1, 0.15) is 89.0 Å². The Morgan fingerprint density at radius 3 is 2.26 bits per heavy atom. The highest BCUT2D eigenvalue weighted by molar-refractivity contribution is 5.89. The topological polar surface area (TPSA) is 108 Å². The third-order valence-corrected chi connectivity index (χ3v) is 11.2. The van der Waals surface area contributed by atoms with Gasteiger partial charge in [-0.2, -0.15) is 0 Å². The molecule has 0 unspecified atom stereocenters. The molecule has 0 amide bonds. The van der Waals surface area contributed by atoms with Crippen molar-refractivity contribution in [2.24, 2.45) is 34.6 Å². The van der Waals surface area contributed by atoms with Crippen LogP contribution in [0.5, 0.6) is 0 Å². The summed E-state index contributed by atoms with van der Waals surface area (Å²) in [7, 11) is 7.59. The maximum absolute atomic E-state index is 13.8. The van der Waals surface area contributed by atoms with Gasteiger partial charge in [-0.05, 0) is 77.5 Å². The summed E-state index contributed by atoms with van der Waals surface area (Å²) in [6.45, 7) is 22.7. The van der Waals surface area contributed by atoms with Crippen LogP contribution in [0.3, 0.4) is 0 Å². The summed E-state index contributed by atoms with van der Waals surface area (Å²) < 4.78 is 39.2. The molecule has 0 radical (unpaired) electrons. The number of nitrogens with zero attached hydrogens (tertiary/aromatic N) is 2. The molecule has 274 valence electrons.